The van der Waals surface area contributed by atoms with Crippen molar-refractivity contribution >= 4 is 11.9 Å². The van der Waals surface area contributed by atoms with Gasteiger partial charge in [0.15, 0.2) is 0 Å². The van der Waals surface area contributed by atoms with Crippen LogP contribution in [0.1, 0.15) is 31.4 Å². The van der Waals surface area contributed by atoms with E-state index in [1.165, 1.54) is 31.4 Å². The zero-order valence-corrected chi connectivity index (χ0v) is 16.7. The van der Waals surface area contributed by atoms with E-state index in [4.69, 9.17) is 9.90 Å². The third-order valence-electron chi connectivity index (χ3n) is 5.72. The summed E-state index contributed by atoms with van der Waals surface area (Å²) >= 11 is 0. The number of anilines is 1. The topological polar surface area (TPSA) is 87.4 Å². The van der Waals surface area contributed by atoms with Crippen molar-refractivity contribution in [3.8, 4) is 0 Å². The highest BCUT2D eigenvalue weighted by atomic mass is 19.4. The zero-order valence-electron chi connectivity index (χ0n) is 16.7. The second-order valence-electron chi connectivity index (χ2n) is 7.60. The lowest BCUT2D eigenvalue weighted by atomic mass is 9.85. The SMILES string of the molecule is Cn1cncc1CN1CCC2(CCCN2c2ncccn2)CC1.O=C(O)C(F)(F)F. The minimum absolute atomic E-state index is 0.268. The monoisotopic (exact) mass is 426 g/mol. The van der Waals surface area contributed by atoms with E-state index in [-0.39, 0.29) is 5.54 Å². The summed E-state index contributed by atoms with van der Waals surface area (Å²) in [4.78, 5) is 27.1. The molecule has 0 atom stereocenters. The van der Waals surface area contributed by atoms with Crippen molar-refractivity contribution in [1.29, 1.82) is 0 Å². The van der Waals surface area contributed by atoms with Gasteiger partial charge in [-0.25, -0.2) is 19.7 Å². The van der Waals surface area contributed by atoms with Crippen molar-refractivity contribution in [2.75, 3.05) is 24.5 Å². The van der Waals surface area contributed by atoms with Crippen LogP contribution >= 0.6 is 0 Å². The molecule has 0 unspecified atom stereocenters. The third kappa shape index (κ3) is 5.07. The molecule has 30 heavy (non-hydrogen) atoms. The van der Waals surface area contributed by atoms with Crippen LogP contribution in [-0.2, 0) is 18.4 Å². The van der Waals surface area contributed by atoms with Gasteiger partial charge in [-0.2, -0.15) is 13.2 Å². The van der Waals surface area contributed by atoms with Gasteiger partial charge in [-0.1, -0.05) is 0 Å². The molecule has 2 saturated heterocycles. The standard InChI is InChI=1S/C17H24N6.C2HF3O2/c1-21-14-18-12-15(21)13-22-10-5-17(6-11-22)4-2-9-23(17)16-19-7-3-8-20-16;3-2(4,5)1(6)7/h3,7-8,12,14H,2,4-6,9-11,13H2,1H3;(H,6,7). The largest absolute Gasteiger partial charge is 0.490 e. The number of aliphatic carboxylic acids is 1. The molecule has 0 aromatic carbocycles. The first-order valence-electron chi connectivity index (χ1n) is 9.74. The normalized spacial score (nSPS) is 18.9. The van der Waals surface area contributed by atoms with Crippen molar-refractivity contribution in [3.63, 3.8) is 0 Å². The molecule has 0 amide bonds. The number of hydrogen-bond acceptors (Lipinski definition) is 6. The van der Waals surface area contributed by atoms with Crippen LogP contribution < -0.4 is 4.90 Å². The molecule has 4 heterocycles. The van der Waals surface area contributed by atoms with Crippen molar-refractivity contribution < 1.29 is 23.1 Å². The quantitative estimate of drug-likeness (QED) is 0.807. The number of carbonyl (C=O) groups is 1. The van der Waals surface area contributed by atoms with Crippen LogP contribution in [0.4, 0.5) is 19.1 Å². The Balaban J connectivity index is 0.000000318. The number of carboxylic acid groups (broad SMARTS) is 1. The van der Waals surface area contributed by atoms with Crippen LogP contribution in [0, 0.1) is 0 Å². The second kappa shape index (κ2) is 8.99. The summed E-state index contributed by atoms with van der Waals surface area (Å²) in [7, 11) is 2.07. The van der Waals surface area contributed by atoms with Gasteiger partial charge < -0.3 is 14.6 Å². The molecule has 164 valence electrons. The Hall–Kier alpha value is -2.69. The van der Waals surface area contributed by atoms with Gasteiger partial charge in [0.1, 0.15) is 0 Å². The first-order valence-corrected chi connectivity index (χ1v) is 9.74. The van der Waals surface area contributed by atoms with Gasteiger partial charge in [0.05, 0.1) is 12.0 Å². The number of likely N-dealkylation sites (tertiary alicyclic amines) is 1. The summed E-state index contributed by atoms with van der Waals surface area (Å²) < 4.78 is 33.9. The number of aromatic nitrogens is 4. The van der Waals surface area contributed by atoms with Gasteiger partial charge in [0.25, 0.3) is 0 Å². The van der Waals surface area contributed by atoms with Crippen molar-refractivity contribution in [1.82, 2.24) is 24.4 Å². The van der Waals surface area contributed by atoms with Gasteiger partial charge in [0.2, 0.25) is 5.95 Å². The van der Waals surface area contributed by atoms with E-state index in [9.17, 15) is 13.2 Å². The number of imidazole rings is 1. The summed E-state index contributed by atoms with van der Waals surface area (Å²) in [5.41, 5.74) is 1.56. The fourth-order valence-electron chi connectivity index (χ4n) is 4.09. The maximum atomic E-state index is 10.6. The van der Waals surface area contributed by atoms with E-state index in [0.717, 1.165) is 32.1 Å². The van der Waals surface area contributed by atoms with E-state index < -0.39 is 12.1 Å². The number of piperidine rings is 1. The second-order valence-corrected chi connectivity index (χ2v) is 7.60. The summed E-state index contributed by atoms with van der Waals surface area (Å²) in [5, 5.41) is 7.12. The summed E-state index contributed by atoms with van der Waals surface area (Å²) in [6.45, 7) is 4.35. The Morgan fingerprint density at radius 2 is 1.80 bits per heavy atom. The lowest BCUT2D eigenvalue weighted by Crippen LogP contribution is -2.52. The Morgan fingerprint density at radius 1 is 1.17 bits per heavy atom. The zero-order chi connectivity index (χ0) is 21.8. The molecule has 2 aromatic heterocycles. The molecule has 0 aliphatic carbocycles. The number of aryl methyl sites for hydroxylation is 1. The Kier molecular flexibility index (Phi) is 6.59. The molecule has 0 saturated carbocycles. The lowest BCUT2D eigenvalue weighted by Gasteiger charge is -2.45. The molecule has 2 aliphatic heterocycles. The molecule has 1 N–H and O–H groups in total. The van der Waals surface area contributed by atoms with Crippen molar-refractivity contribution in [2.24, 2.45) is 7.05 Å². The molecule has 4 rings (SSSR count). The Bertz CT molecular complexity index is 834. The van der Waals surface area contributed by atoms with Crippen molar-refractivity contribution in [3.05, 3.63) is 36.7 Å². The highest BCUT2D eigenvalue weighted by Gasteiger charge is 2.44. The van der Waals surface area contributed by atoms with E-state index in [2.05, 4.69) is 36.4 Å². The average Bonchev–Trinajstić information content (AvgIpc) is 3.31. The number of halogens is 3. The molecule has 2 fully saturated rings. The summed E-state index contributed by atoms with van der Waals surface area (Å²) in [6, 6.07) is 1.89. The van der Waals surface area contributed by atoms with Gasteiger partial charge in [0, 0.05) is 57.4 Å². The summed E-state index contributed by atoms with van der Waals surface area (Å²) in [5.74, 6) is -1.85. The van der Waals surface area contributed by atoms with Crippen LogP contribution in [-0.4, -0.2) is 66.8 Å². The number of rotatable bonds is 3. The van der Waals surface area contributed by atoms with Gasteiger partial charge in [-0.15, -0.1) is 0 Å². The molecular formula is C19H25F3N6O2. The fourth-order valence-corrected chi connectivity index (χ4v) is 4.09. The highest BCUT2D eigenvalue weighted by molar-refractivity contribution is 5.73. The third-order valence-corrected chi connectivity index (χ3v) is 5.72. The first-order chi connectivity index (χ1) is 14.2. The molecular weight excluding hydrogens is 401 g/mol. The number of carboxylic acids is 1. The lowest BCUT2D eigenvalue weighted by molar-refractivity contribution is -0.192. The minimum atomic E-state index is -5.08. The molecule has 0 bridgehead atoms. The number of alkyl halides is 3. The van der Waals surface area contributed by atoms with Crippen LogP contribution in [0.25, 0.3) is 0 Å². The van der Waals surface area contributed by atoms with Crippen LogP contribution in [0.15, 0.2) is 31.0 Å². The molecule has 1 spiro atoms. The highest BCUT2D eigenvalue weighted by Crippen LogP contribution is 2.40. The van der Waals surface area contributed by atoms with Crippen LogP contribution in [0.3, 0.4) is 0 Å². The predicted octanol–water partition coefficient (Wildman–Crippen LogP) is 2.48. The van der Waals surface area contributed by atoms with Gasteiger partial charge >= 0.3 is 12.1 Å². The molecule has 2 aliphatic rings. The maximum Gasteiger partial charge on any atom is 0.490 e. The molecule has 11 heteroatoms. The van der Waals surface area contributed by atoms with Crippen LogP contribution in [0.2, 0.25) is 0 Å². The van der Waals surface area contributed by atoms with E-state index in [0.29, 0.717) is 0 Å². The summed E-state index contributed by atoms with van der Waals surface area (Å²) in [6.07, 6.45) is 7.39. The van der Waals surface area contributed by atoms with Crippen LogP contribution in [0.5, 0.6) is 0 Å². The first kappa shape index (κ1) is 22.0. The molecule has 8 nitrogen and oxygen atoms in total. The van der Waals surface area contributed by atoms with Crippen molar-refractivity contribution in [2.45, 2.75) is 43.9 Å². The fraction of sp³-hybridized carbons (Fsp3) is 0.579. The predicted molar refractivity (Wildman–Crippen MR) is 103 cm³/mol. The van der Waals surface area contributed by atoms with E-state index >= 15 is 0 Å². The van der Waals surface area contributed by atoms with Gasteiger partial charge in [-0.3, -0.25) is 4.90 Å². The van der Waals surface area contributed by atoms with E-state index in [1.807, 2.05) is 31.0 Å². The number of hydrogen-bond donors (Lipinski definition) is 1. The molecule has 2 aromatic rings. The van der Waals surface area contributed by atoms with E-state index in [1.54, 1.807) is 0 Å². The Morgan fingerprint density at radius 3 is 2.33 bits per heavy atom. The smallest absolute Gasteiger partial charge is 0.475 e. The maximum absolute atomic E-state index is 10.6. The number of nitrogens with zero attached hydrogens (tertiary/aromatic N) is 6. The average molecular weight is 426 g/mol. The Labute approximate surface area is 172 Å². The molecule has 0 radical (unpaired) electrons. The minimum Gasteiger partial charge on any atom is -0.475 e. The van der Waals surface area contributed by atoms with Gasteiger partial charge in [-0.05, 0) is 31.7 Å².